The van der Waals surface area contributed by atoms with Crippen LogP contribution in [0.2, 0.25) is 0 Å². The number of ether oxygens (including phenoxy) is 1. The molecule has 0 aliphatic rings. The molecule has 0 saturated carbocycles. The van der Waals surface area contributed by atoms with E-state index in [9.17, 15) is 4.79 Å². The van der Waals surface area contributed by atoms with Gasteiger partial charge >= 0.3 is 5.97 Å². The third-order valence-electron chi connectivity index (χ3n) is 1.60. The summed E-state index contributed by atoms with van der Waals surface area (Å²) >= 11 is 1.41. The largest absolute Gasteiger partial charge is 0.469 e. The van der Waals surface area contributed by atoms with Crippen molar-refractivity contribution in [2.24, 2.45) is 5.73 Å². The summed E-state index contributed by atoms with van der Waals surface area (Å²) in [5.74, 6) is 0.954. The Hall–Kier alpha value is -1.08. The normalized spacial score (nSPS) is 10.3. The van der Waals surface area contributed by atoms with E-state index in [1.54, 1.807) is 0 Å². The predicted octanol–water partition coefficient (Wildman–Crippen LogP) is 0.574. The number of carbonyl (C=O) groups excluding carboxylic acids is 1. The molecule has 1 rings (SSSR count). The topological polar surface area (TPSA) is 91.2 Å². The van der Waals surface area contributed by atoms with Gasteiger partial charge in [-0.05, 0) is 6.42 Å². The second-order valence-electron chi connectivity index (χ2n) is 2.69. The third-order valence-corrected chi connectivity index (χ3v) is 2.51. The smallest absolute Gasteiger partial charge is 0.305 e. The fraction of sp³-hybridized carbons (Fsp3) is 0.625. The van der Waals surface area contributed by atoms with Crippen molar-refractivity contribution in [3.8, 4) is 0 Å². The summed E-state index contributed by atoms with van der Waals surface area (Å²) in [7, 11) is 1.38. The molecule has 0 aromatic carbocycles. The number of methoxy groups -OCH3 is 1. The van der Waals surface area contributed by atoms with Crippen molar-refractivity contribution >= 4 is 17.7 Å². The van der Waals surface area contributed by atoms with E-state index in [1.807, 2.05) is 0 Å². The van der Waals surface area contributed by atoms with Gasteiger partial charge in [-0.25, -0.2) is 0 Å². The molecular formula is C8H13N3O3S. The van der Waals surface area contributed by atoms with E-state index in [0.29, 0.717) is 17.5 Å². The second-order valence-corrected chi connectivity index (χ2v) is 3.74. The lowest BCUT2D eigenvalue weighted by molar-refractivity contribution is -0.140. The van der Waals surface area contributed by atoms with Gasteiger partial charge in [-0.2, -0.15) is 0 Å². The Balaban J connectivity index is 2.17. The molecule has 2 N–H and O–H groups in total. The molecule has 0 fully saturated rings. The van der Waals surface area contributed by atoms with Crippen LogP contribution in [-0.4, -0.2) is 29.0 Å². The lowest BCUT2D eigenvalue weighted by Crippen LogP contribution is -1.99. The lowest BCUT2D eigenvalue weighted by atomic mass is 10.3. The van der Waals surface area contributed by atoms with E-state index in [4.69, 9.17) is 10.2 Å². The van der Waals surface area contributed by atoms with Gasteiger partial charge in [-0.1, -0.05) is 11.8 Å². The fourth-order valence-electron chi connectivity index (χ4n) is 0.857. The molecule has 0 saturated heterocycles. The number of hydrogen-bond donors (Lipinski definition) is 1. The molecule has 0 aliphatic heterocycles. The molecule has 0 unspecified atom stereocenters. The average Bonchev–Trinajstić information content (AvgIpc) is 2.72. The molecule has 1 aromatic heterocycles. The van der Waals surface area contributed by atoms with Crippen molar-refractivity contribution in [3.63, 3.8) is 0 Å². The summed E-state index contributed by atoms with van der Waals surface area (Å²) in [5, 5.41) is 7.97. The van der Waals surface area contributed by atoms with Crippen LogP contribution in [0, 0.1) is 0 Å². The summed E-state index contributed by atoms with van der Waals surface area (Å²) < 4.78 is 9.67. The summed E-state index contributed by atoms with van der Waals surface area (Å²) in [5.41, 5.74) is 5.31. The molecule has 0 spiro atoms. The first-order valence-electron chi connectivity index (χ1n) is 4.48. The van der Waals surface area contributed by atoms with Gasteiger partial charge in [0.1, 0.15) is 0 Å². The van der Waals surface area contributed by atoms with Crippen LogP contribution in [0.25, 0.3) is 0 Å². The highest BCUT2D eigenvalue weighted by molar-refractivity contribution is 7.99. The molecule has 6 nitrogen and oxygen atoms in total. The molecule has 0 atom stereocenters. The maximum absolute atomic E-state index is 10.8. The highest BCUT2D eigenvalue weighted by atomic mass is 32.2. The minimum atomic E-state index is -0.205. The van der Waals surface area contributed by atoms with Gasteiger partial charge in [0.15, 0.2) is 0 Å². The zero-order valence-corrected chi connectivity index (χ0v) is 9.25. The quantitative estimate of drug-likeness (QED) is 0.435. The second kappa shape index (κ2) is 6.41. The number of esters is 1. The van der Waals surface area contributed by atoms with Crippen LogP contribution in [0.15, 0.2) is 9.64 Å². The molecule has 1 heterocycles. The van der Waals surface area contributed by atoms with E-state index in [2.05, 4.69) is 14.9 Å². The van der Waals surface area contributed by atoms with Crippen molar-refractivity contribution in [1.29, 1.82) is 0 Å². The molecule has 15 heavy (non-hydrogen) atoms. The van der Waals surface area contributed by atoms with E-state index < -0.39 is 0 Å². The van der Waals surface area contributed by atoms with E-state index in [1.165, 1.54) is 18.9 Å². The van der Waals surface area contributed by atoms with Crippen LogP contribution in [0.4, 0.5) is 0 Å². The Morgan fingerprint density at radius 3 is 3.00 bits per heavy atom. The molecule has 0 radical (unpaired) electrons. The van der Waals surface area contributed by atoms with E-state index in [0.717, 1.165) is 12.2 Å². The van der Waals surface area contributed by atoms with Crippen molar-refractivity contribution in [3.05, 3.63) is 5.89 Å². The number of rotatable bonds is 6. The lowest BCUT2D eigenvalue weighted by Gasteiger charge is -1.96. The first kappa shape index (κ1) is 12.0. The number of thioether (sulfide) groups is 1. The first-order valence-corrected chi connectivity index (χ1v) is 5.47. The number of hydrogen-bond acceptors (Lipinski definition) is 7. The number of carbonyl (C=O) groups is 1. The zero-order valence-electron chi connectivity index (χ0n) is 8.43. The van der Waals surface area contributed by atoms with Gasteiger partial charge in [-0.3, -0.25) is 4.79 Å². The Morgan fingerprint density at radius 2 is 2.40 bits per heavy atom. The van der Waals surface area contributed by atoms with Crippen LogP contribution in [-0.2, 0) is 16.1 Å². The van der Waals surface area contributed by atoms with Gasteiger partial charge in [-0.15, -0.1) is 10.2 Å². The van der Waals surface area contributed by atoms with Gasteiger partial charge in [0.2, 0.25) is 5.89 Å². The fourth-order valence-corrected chi connectivity index (χ4v) is 1.57. The van der Waals surface area contributed by atoms with Gasteiger partial charge in [0.25, 0.3) is 5.22 Å². The number of nitrogens with zero attached hydrogens (tertiary/aromatic N) is 2. The Bertz CT molecular complexity index is 316. The molecule has 84 valence electrons. The third kappa shape index (κ3) is 4.30. The van der Waals surface area contributed by atoms with E-state index in [-0.39, 0.29) is 12.5 Å². The first-order chi connectivity index (χ1) is 7.26. The maximum Gasteiger partial charge on any atom is 0.305 e. The molecule has 1 aromatic rings. The highest BCUT2D eigenvalue weighted by Crippen LogP contribution is 2.17. The minimum Gasteiger partial charge on any atom is -0.469 e. The molecule has 0 aliphatic carbocycles. The zero-order chi connectivity index (χ0) is 11.1. The van der Waals surface area contributed by atoms with Crippen molar-refractivity contribution in [2.45, 2.75) is 24.6 Å². The summed E-state index contributed by atoms with van der Waals surface area (Å²) in [6.07, 6.45) is 1.12. The standard InChI is InChI=1S/C8H13N3O3S/c1-13-7(12)3-2-4-15-8-11-10-6(5-9)14-8/h2-5,9H2,1H3. The number of aromatic nitrogens is 2. The minimum absolute atomic E-state index is 0.205. The van der Waals surface area contributed by atoms with Crippen LogP contribution < -0.4 is 5.73 Å². The molecule has 0 amide bonds. The van der Waals surface area contributed by atoms with Crippen LogP contribution in [0.5, 0.6) is 0 Å². The Kier molecular flexibility index (Phi) is 5.13. The van der Waals surface area contributed by atoms with Gasteiger partial charge < -0.3 is 14.9 Å². The van der Waals surface area contributed by atoms with E-state index >= 15 is 0 Å². The maximum atomic E-state index is 10.8. The molecule has 0 bridgehead atoms. The monoisotopic (exact) mass is 231 g/mol. The molecular weight excluding hydrogens is 218 g/mol. The van der Waals surface area contributed by atoms with Crippen molar-refractivity contribution in [2.75, 3.05) is 12.9 Å². The van der Waals surface area contributed by atoms with Crippen molar-refractivity contribution in [1.82, 2.24) is 10.2 Å². The van der Waals surface area contributed by atoms with Crippen molar-refractivity contribution < 1.29 is 13.9 Å². The highest BCUT2D eigenvalue weighted by Gasteiger charge is 2.05. The van der Waals surface area contributed by atoms with Gasteiger partial charge in [0.05, 0.1) is 13.7 Å². The molecule has 7 heteroatoms. The Morgan fingerprint density at radius 1 is 1.60 bits per heavy atom. The van der Waals surface area contributed by atoms with Crippen LogP contribution in [0.3, 0.4) is 0 Å². The summed E-state index contributed by atoms with van der Waals surface area (Å²) in [6, 6.07) is 0. The summed E-state index contributed by atoms with van der Waals surface area (Å²) in [4.78, 5) is 10.8. The SMILES string of the molecule is COC(=O)CCCSc1nnc(CN)o1. The van der Waals surface area contributed by atoms with Crippen LogP contribution >= 0.6 is 11.8 Å². The van der Waals surface area contributed by atoms with Gasteiger partial charge in [0, 0.05) is 12.2 Å². The van der Waals surface area contributed by atoms with Crippen LogP contribution in [0.1, 0.15) is 18.7 Å². The average molecular weight is 231 g/mol. The number of nitrogens with two attached hydrogens (primary N) is 1. The predicted molar refractivity (Wildman–Crippen MR) is 54.2 cm³/mol. The Labute approximate surface area is 91.6 Å². The summed E-state index contributed by atoms with van der Waals surface area (Å²) in [6.45, 7) is 0.246.